The molecular formula is C31H45N11O9S. The number of sulfonamides is 1. The summed E-state index contributed by atoms with van der Waals surface area (Å²) in [6, 6.07) is -2.80. The molecule has 0 bridgehead atoms. The molecule has 0 aliphatic carbocycles. The molecule has 21 heteroatoms. The smallest absolute Gasteiger partial charge is 0.326 e. The monoisotopic (exact) mass is 747 g/mol. The molecule has 0 saturated carbocycles. The molecule has 284 valence electrons. The lowest BCUT2D eigenvalue weighted by atomic mass is 9.94. The molecule has 1 aromatic carbocycles. The quantitative estimate of drug-likeness (QED) is 0.0572. The molecule has 1 aliphatic heterocycles. The van der Waals surface area contributed by atoms with Gasteiger partial charge in [0.1, 0.15) is 23.4 Å². The summed E-state index contributed by atoms with van der Waals surface area (Å²) in [6.45, 7) is 9.23. The number of carbonyl (C=O) groups is 4. The van der Waals surface area contributed by atoms with Crippen LogP contribution in [0.3, 0.4) is 0 Å². The van der Waals surface area contributed by atoms with Crippen LogP contribution in [-0.2, 0) is 26.0 Å². The number of nitrogens with one attached hydrogen (secondary N) is 7. The number of rotatable bonds is 17. The number of anilines is 2. The van der Waals surface area contributed by atoms with Crippen LogP contribution in [0.4, 0.5) is 11.6 Å². The van der Waals surface area contributed by atoms with Crippen LogP contribution in [0, 0.1) is 31.6 Å². The number of amides is 2. The lowest BCUT2D eigenvalue weighted by Crippen LogP contribution is -2.43. The number of carbonyl (C=O) groups excluding carboxylic acids is 2. The molecule has 2 heterocycles. The SMILES string of the molecule is Cc1c(C)c(S(=O)(=O)NC(=N)NCCC[C@H](NC(=O)c2nc(N)c(C(=O)N[C@@H](CCCNC=N)C(=O)O)nc2N)C(=O)O)c(C)c2c1OC(C)(C)C2. The fourth-order valence-corrected chi connectivity index (χ4v) is 7.16. The Balaban J connectivity index is 1.59. The van der Waals surface area contributed by atoms with Crippen molar-refractivity contribution in [1.29, 1.82) is 10.8 Å². The van der Waals surface area contributed by atoms with Crippen LogP contribution in [0.25, 0.3) is 0 Å². The Morgan fingerprint density at radius 2 is 1.40 bits per heavy atom. The zero-order valence-electron chi connectivity index (χ0n) is 29.4. The number of nitrogens with two attached hydrogens (primary N) is 2. The Morgan fingerprint density at radius 1 is 0.904 bits per heavy atom. The number of carboxylic acid groups (broad SMARTS) is 2. The summed E-state index contributed by atoms with van der Waals surface area (Å²) in [6.07, 6.45) is 1.68. The van der Waals surface area contributed by atoms with Crippen molar-refractivity contribution in [2.75, 3.05) is 24.6 Å². The van der Waals surface area contributed by atoms with Crippen molar-refractivity contribution in [2.24, 2.45) is 0 Å². The number of nitrogen functional groups attached to an aromatic ring is 2. The van der Waals surface area contributed by atoms with E-state index in [2.05, 4.69) is 36.0 Å². The number of aromatic nitrogens is 2. The van der Waals surface area contributed by atoms with Gasteiger partial charge in [-0.2, -0.15) is 0 Å². The number of hydrogen-bond acceptors (Lipinski definition) is 13. The van der Waals surface area contributed by atoms with Gasteiger partial charge < -0.3 is 47.7 Å². The Labute approximate surface area is 299 Å². The number of benzene rings is 1. The Kier molecular flexibility index (Phi) is 12.9. The molecular weight excluding hydrogens is 702 g/mol. The summed E-state index contributed by atoms with van der Waals surface area (Å²) in [4.78, 5) is 56.8. The summed E-state index contributed by atoms with van der Waals surface area (Å²) < 4.78 is 35.0. The van der Waals surface area contributed by atoms with Crippen LogP contribution in [-0.4, -0.2) is 95.4 Å². The van der Waals surface area contributed by atoms with E-state index in [9.17, 15) is 37.8 Å². The Hall–Kier alpha value is -5.73. The van der Waals surface area contributed by atoms with Crippen molar-refractivity contribution in [2.45, 2.75) is 89.3 Å². The first-order valence-electron chi connectivity index (χ1n) is 16.1. The van der Waals surface area contributed by atoms with E-state index < -0.39 is 80.4 Å². The average molecular weight is 748 g/mol. The Bertz CT molecular complexity index is 1880. The van der Waals surface area contributed by atoms with Gasteiger partial charge in [-0.05, 0) is 77.0 Å². The van der Waals surface area contributed by atoms with Gasteiger partial charge >= 0.3 is 11.9 Å². The third-order valence-corrected chi connectivity index (χ3v) is 9.89. The largest absolute Gasteiger partial charge is 0.487 e. The first kappa shape index (κ1) is 40.7. The van der Waals surface area contributed by atoms with E-state index in [1.165, 1.54) is 0 Å². The molecule has 1 aliphatic rings. The first-order chi connectivity index (χ1) is 24.2. The maximum absolute atomic E-state index is 13.4. The van der Waals surface area contributed by atoms with Gasteiger partial charge in [-0.3, -0.25) is 20.4 Å². The summed E-state index contributed by atoms with van der Waals surface area (Å²) in [5, 5.41) is 43.9. The van der Waals surface area contributed by atoms with Gasteiger partial charge in [0.25, 0.3) is 21.8 Å². The Morgan fingerprint density at radius 3 is 1.88 bits per heavy atom. The van der Waals surface area contributed by atoms with Gasteiger partial charge in [-0.15, -0.1) is 0 Å². The lowest BCUT2D eigenvalue weighted by Gasteiger charge is -2.20. The molecule has 2 amide bonds. The minimum Gasteiger partial charge on any atom is -0.487 e. The fraction of sp³-hybridized carbons (Fsp3) is 0.484. The predicted molar refractivity (Wildman–Crippen MR) is 189 cm³/mol. The van der Waals surface area contributed by atoms with Crippen molar-refractivity contribution < 1.29 is 42.5 Å². The molecule has 2 aromatic rings. The molecule has 2 atom stereocenters. The van der Waals surface area contributed by atoms with Gasteiger partial charge in [0.2, 0.25) is 5.96 Å². The third kappa shape index (κ3) is 9.74. The minimum absolute atomic E-state index is 0.0111. The molecule has 1 aromatic heterocycles. The van der Waals surface area contributed by atoms with Crippen molar-refractivity contribution >= 4 is 57.7 Å². The number of carboxylic acids is 2. The van der Waals surface area contributed by atoms with Crippen molar-refractivity contribution in [3.8, 4) is 5.75 Å². The highest BCUT2D eigenvalue weighted by Crippen LogP contribution is 2.43. The van der Waals surface area contributed by atoms with Crippen LogP contribution in [0.15, 0.2) is 4.90 Å². The second kappa shape index (κ2) is 16.5. The molecule has 52 heavy (non-hydrogen) atoms. The molecule has 3 rings (SSSR count). The van der Waals surface area contributed by atoms with Crippen molar-refractivity contribution in [1.82, 2.24) is 36.0 Å². The third-order valence-electron chi connectivity index (χ3n) is 8.27. The van der Waals surface area contributed by atoms with Crippen molar-refractivity contribution in [3.05, 3.63) is 33.6 Å². The molecule has 0 saturated heterocycles. The van der Waals surface area contributed by atoms with E-state index in [4.69, 9.17) is 27.0 Å². The summed E-state index contributed by atoms with van der Waals surface area (Å²) in [7, 11) is -4.19. The summed E-state index contributed by atoms with van der Waals surface area (Å²) in [5.41, 5.74) is 12.5. The normalized spacial score (nSPS) is 14.2. The second-order valence-corrected chi connectivity index (χ2v) is 14.4. The highest BCUT2D eigenvalue weighted by atomic mass is 32.2. The lowest BCUT2D eigenvalue weighted by molar-refractivity contribution is -0.140. The fourth-order valence-electron chi connectivity index (χ4n) is 5.63. The number of aliphatic carboxylic acids is 2. The molecule has 0 spiro atoms. The van der Waals surface area contributed by atoms with Crippen molar-refractivity contribution in [3.63, 3.8) is 0 Å². The topological polar surface area (TPSA) is 338 Å². The van der Waals surface area contributed by atoms with E-state index >= 15 is 0 Å². The highest BCUT2D eigenvalue weighted by Gasteiger charge is 2.37. The van der Waals surface area contributed by atoms with Gasteiger partial charge in [0.15, 0.2) is 23.0 Å². The second-order valence-electron chi connectivity index (χ2n) is 12.8. The van der Waals surface area contributed by atoms with Crippen LogP contribution >= 0.6 is 0 Å². The summed E-state index contributed by atoms with van der Waals surface area (Å²) in [5.74, 6) is -5.87. The number of fused-ring (bicyclic) bond motifs is 1. The van der Waals surface area contributed by atoms with E-state index in [0.29, 0.717) is 41.8 Å². The van der Waals surface area contributed by atoms with Crippen LogP contribution in [0.5, 0.6) is 5.75 Å². The van der Waals surface area contributed by atoms with Crippen LogP contribution in [0.2, 0.25) is 0 Å². The van der Waals surface area contributed by atoms with Gasteiger partial charge in [0.05, 0.1) is 11.2 Å². The molecule has 20 nitrogen and oxygen atoms in total. The summed E-state index contributed by atoms with van der Waals surface area (Å²) >= 11 is 0. The molecule has 0 fully saturated rings. The van der Waals surface area contributed by atoms with Gasteiger partial charge in [-0.25, -0.2) is 32.7 Å². The van der Waals surface area contributed by atoms with Crippen LogP contribution < -0.4 is 42.2 Å². The highest BCUT2D eigenvalue weighted by molar-refractivity contribution is 7.90. The number of hydrogen-bond donors (Lipinski definition) is 11. The molecule has 13 N–H and O–H groups in total. The number of nitrogens with zero attached hydrogens (tertiary/aromatic N) is 2. The van der Waals surface area contributed by atoms with E-state index in [0.717, 1.165) is 11.9 Å². The maximum Gasteiger partial charge on any atom is 0.326 e. The zero-order valence-corrected chi connectivity index (χ0v) is 30.2. The predicted octanol–water partition coefficient (Wildman–Crippen LogP) is -0.0943. The number of guanidine groups is 1. The van der Waals surface area contributed by atoms with E-state index in [1.807, 2.05) is 13.8 Å². The van der Waals surface area contributed by atoms with Gasteiger partial charge in [-0.1, -0.05) is 0 Å². The van der Waals surface area contributed by atoms with E-state index in [1.54, 1.807) is 20.8 Å². The minimum atomic E-state index is -4.19. The van der Waals surface area contributed by atoms with Crippen LogP contribution in [0.1, 0.15) is 82.8 Å². The van der Waals surface area contributed by atoms with Gasteiger partial charge in [0, 0.05) is 25.1 Å². The van der Waals surface area contributed by atoms with E-state index in [-0.39, 0.29) is 30.7 Å². The zero-order chi connectivity index (χ0) is 39.1. The molecule has 0 radical (unpaired) electrons. The number of ether oxygens (including phenoxy) is 1. The standard InChI is InChI=1S/C31H45N11O9S/c1-14-15(2)23(16(3)17-12-31(4,5)51-22(14)17)52(49,50)42-30(35)37-11-7-9-19(29(47)48)39-27(44)21-25(34)40-20(24(33)41-21)26(43)38-18(28(45)46)8-6-10-36-13-32/h13,18-19H,6-12H2,1-5H3,(H2,32,36)(H2,33,41)(H2,34,40)(H,38,43)(H,39,44)(H,45,46)(H,47,48)(H3,35,37,42)/t18-,19-/m0/s1. The maximum atomic E-state index is 13.4. The first-order valence-corrected chi connectivity index (χ1v) is 17.6. The molecule has 0 unspecified atom stereocenters. The average Bonchev–Trinajstić information content (AvgIpc) is 3.38.